The minimum absolute atomic E-state index is 0.240. The third kappa shape index (κ3) is 5.50. The second-order valence-corrected chi connectivity index (χ2v) is 6.01. The zero-order valence-electron chi connectivity index (χ0n) is 11.5. The van der Waals surface area contributed by atoms with Crippen LogP contribution >= 0.6 is 0 Å². The number of carbonyl (C=O) groups is 1. The van der Waals surface area contributed by atoms with Gasteiger partial charge in [0.05, 0.1) is 11.5 Å². The van der Waals surface area contributed by atoms with Crippen molar-refractivity contribution in [2.24, 2.45) is 11.3 Å². The maximum Gasteiger partial charge on any atom is 0.303 e. The van der Waals surface area contributed by atoms with Crippen molar-refractivity contribution in [2.75, 3.05) is 19.6 Å². The van der Waals surface area contributed by atoms with Gasteiger partial charge in [0.2, 0.25) is 0 Å². The van der Waals surface area contributed by atoms with Crippen LogP contribution in [-0.4, -0.2) is 35.6 Å². The van der Waals surface area contributed by atoms with E-state index in [0.717, 1.165) is 45.3 Å². The van der Waals surface area contributed by atoms with Crippen molar-refractivity contribution < 1.29 is 9.90 Å². The van der Waals surface area contributed by atoms with Crippen molar-refractivity contribution in [3.8, 4) is 6.07 Å². The molecule has 18 heavy (non-hydrogen) atoms. The second-order valence-electron chi connectivity index (χ2n) is 6.01. The smallest absolute Gasteiger partial charge is 0.303 e. The van der Waals surface area contributed by atoms with Gasteiger partial charge in [0.1, 0.15) is 0 Å². The Balaban J connectivity index is 2.26. The molecule has 1 aliphatic rings. The fourth-order valence-electron chi connectivity index (χ4n) is 2.57. The van der Waals surface area contributed by atoms with Crippen molar-refractivity contribution >= 4 is 5.97 Å². The van der Waals surface area contributed by atoms with Crippen LogP contribution in [-0.2, 0) is 4.79 Å². The number of nitrogens with zero attached hydrogens (tertiary/aromatic N) is 2. The Labute approximate surface area is 110 Å². The third-order valence-electron chi connectivity index (χ3n) is 3.65. The average molecular weight is 252 g/mol. The van der Waals surface area contributed by atoms with E-state index in [1.165, 1.54) is 0 Å². The summed E-state index contributed by atoms with van der Waals surface area (Å²) in [5.74, 6) is -0.382. The number of carboxylic acid groups (broad SMARTS) is 1. The Hall–Kier alpha value is -1.08. The summed E-state index contributed by atoms with van der Waals surface area (Å²) >= 11 is 0. The van der Waals surface area contributed by atoms with Crippen LogP contribution in [0.15, 0.2) is 0 Å². The highest BCUT2D eigenvalue weighted by molar-refractivity contribution is 5.67. The fraction of sp³-hybridized carbons (Fsp3) is 0.857. The predicted molar refractivity (Wildman–Crippen MR) is 70.0 cm³/mol. The number of likely N-dealkylation sites (tertiary alicyclic amines) is 1. The van der Waals surface area contributed by atoms with E-state index in [2.05, 4.69) is 11.0 Å². The van der Waals surface area contributed by atoms with Crippen LogP contribution in [0.1, 0.15) is 46.0 Å². The van der Waals surface area contributed by atoms with E-state index in [-0.39, 0.29) is 5.41 Å². The molecule has 0 bridgehead atoms. The average Bonchev–Trinajstić information content (AvgIpc) is 2.28. The summed E-state index contributed by atoms with van der Waals surface area (Å²) in [6.07, 6.45) is 4.34. The summed E-state index contributed by atoms with van der Waals surface area (Å²) in [6, 6.07) is 2.32. The molecule has 0 spiro atoms. The van der Waals surface area contributed by atoms with E-state index < -0.39 is 5.97 Å². The molecule has 1 heterocycles. The van der Waals surface area contributed by atoms with Gasteiger partial charge < -0.3 is 10.0 Å². The van der Waals surface area contributed by atoms with E-state index in [1.54, 1.807) is 0 Å². The fourth-order valence-corrected chi connectivity index (χ4v) is 2.57. The molecule has 1 unspecified atom stereocenters. The zero-order chi connectivity index (χ0) is 13.6. The zero-order valence-corrected chi connectivity index (χ0v) is 11.5. The van der Waals surface area contributed by atoms with Gasteiger partial charge in [-0.25, -0.2) is 0 Å². The number of aliphatic carboxylic acids is 1. The van der Waals surface area contributed by atoms with E-state index in [1.807, 2.05) is 13.8 Å². The molecule has 1 aliphatic heterocycles. The molecule has 4 heteroatoms. The van der Waals surface area contributed by atoms with E-state index in [4.69, 9.17) is 10.4 Å². The van der Waals surface area contributed by atoms with Crippen LogP contribution in [0, 0.1) is 22.7 Å². The molecule has 1 atom stereocenters. The lowest BCUT2D eigenvalue weighted by Crippen LogP contribution is -2.37. The van der Waals surface area contributed by atoms with Gasteiger partial charge in [-0.15, -0.1) is 0 Å². The third-order valence-corrected chi connectivity index (χ3v) is 3.65. The monoisotopic (exact) mass is 252 g/mol. The lowest BCUT2D eigenvalue weighted by atomic mass is 9.89. The van der Waals surface area contributed by atoms with Crippen LogP contribution in [0.5, 0.6) is 0 Å². The van der Waals surface area contributed by atoms with Gasteiger partial charge >= 0.3 is 5.97 Å². The Kier molecular flexibility index (Phi) is 5.61. The molecule has 102 valence electrons. The van der Waals surface area contributed by atoms with Crippen molar-refractivity contribution in [1.82, 2.24) is 4.90 Å². The Morgan fingerprint density at radius 3 is 2.89 bits per heavy atom. The normalized spacial score (nSPS) is 21.5. The first-order chi connectivity index (χ1) is 8.43. The quantitative estimate of drug-likeness (QED) is 0.789. The Morgan fingerprint density at radius 2 is 2.28 bits per heavy atom. The molecule has 0 amide bonds. The molecule has 0 radical (unpaired) electrons. The summed E-state index contributed by atoms with van der Waals surface area (Å²) in [4.78, 5) is 13.1. The highest BCUT2D eigenvalue weighted by atomic mass is 16.4. The molecule has 1 fully saturated rings. The highest BCUT2D eigenvalue weighted by Gasteiger charge is 2.22. The molecule has 0 aromatic rings. The van der Waals surface area contributed by atoms with Gasteiger partial charge in [-0.05, 0) is 58.5 Å². The van der Waals surface area contributed by atoms with Gasteiger partial charge in [0, 0.05) is 13.0 Å². The minimum atomic E-state index is -0.688. The number of carboxylic acids is 1. The number of nitriles is 1. The first kappa shape index (κ1) is 15.0. The first-order valence-electron chi connectivity index (χ1n) is 6.78. The molecule has 0 saturated carbocycles. The van der Waals surface area contributed by atoms with Crippen molar-refractivity contribution in [1.29, 1.82) is 5.26 Å². The minimum Gasteiger partial charge on any atom is -0.481 e. The van der Waals surface area contributed by atoms with Crippen molar-refractivity contribution in [3.63, 3.8) is 0 Å². The lowest BCUT2D eigenvalue weighted by Gasteiger charge is -2.32. The number of piperidine rings is 1. The summed E-state index contributed by atoms with van der Waals surface area (Å²) in [7, 11) is 0. The van der Waals surface area contributed by atoms with Gasteiger partial charge in [0.15, 0.2) is 0 Å². The number of hydrogen-bond donors (Lipinski definition) is 1. The van der Waals surface area contributed by atoms with Crippen LogP contribution in [0.2, 0.25) is 0 Å². The van der Waals surface area contributed by atoms with Gasteiger partial charge in [-0.2, -0.15) is 5.26 Å². The topological polar surface area (TPSA) is 64.3 Å². The summed E-state index contributed by atoms with van der Waals surface area (Å²) in [5.41, 5.74) is -0.240. The molecule has 1 rings (SSSR count). The molecular weight excluding hydrogens is 228 g/mol. The van der Waals surface area contributed by atoms with Crippen LogP contribution in [0.3, 0.4) is 0 Å². The SMILES string of the molecule is CC(C)(C#N)CCCN1CCCC(CC(=O)O)C1. The van der Waals surface area contributed by atoms with Gasteiger partial charge in [-0.3, -0.25) is 4.79 Å². The Morgan fingerprint density at radius 1 is 1.56 bits per heavy atom. The molecule has 0 aliphatic carbocycles. The van der Waals surface area contributed by atoms with E-state index in [0.29, 0.717) is 12.3 Å². The lowest BCUT2D eigenvalue weighted by molar-refractivity contribution is -0.138. The van der Waals surface area contributed by atoms with E-state index in [9.17, 15) is 4.79 Å². The van der Waals surface area contributed by atoms with Crippen LogP contribution in [0.4, 0.5) is 0 Å². The van der Waals surface area contributed by atoms with Crippen LogP contribution < -0.4 is 0 Å². The Bertz CT molecular complexity index is 320. The molecular formula is C14H24N2O2. The maximum atomic E-state index is 10.7. The number of rotatable bonds is 6. The van der Waals surface area contributed by atoms with Crippen molar-refractivity contribution in [3.05, 3.63) is 0 Å². The summed E-state index contributed by atoms with van der Waals surface area (Å²) in [6.45, 7) is 6.90. The predicted octanol–water partition coefficient (Wildman–Crippen LogP) is 2.50. The standard InChI is InChI=1S/C14H24N2O2/c1-14(2,11-15)6-4-8-16-7-3-5-12(10-16)9-13(17)18/h12H,3-10H2,1-2H3,(H,17,18). The number of hydrogen-bond acceptors (Lipinski definition) is 3. The summed E-state index contributed by atoms with van der Waals surface area (Å²) < 4.78 is 0. The molecule has 0 aromatic heterocycles. The maximum absolute atomic E-state index is 10.7. The molecule has 4 nitrogen and oxygen atoms in total. The van der Waals surface area contributed by atoms with Crippen LogP contribution in [0.25, 0.3) is 0 Å². The van der Waals surface area contributed by atoms with Gasteiger partial charge in [0.25, 0.3) is 0 Å². The molecule has 0 aromatic carbocycles. The molecule has 1 N–H and O–H groups in total. The first-order valence-corrected chi connectivity index (χ1v) is 6.78. The largest absolute Gasteiger partial charge is 0.481 e. The summed E-state index contributed by atoms with van der Waals surface area (Å²) in [5, 5.41) is 17.8. The van der Waals surface area contributed by atoms with Gasteiger partial charge in [-0.1, -0.05) is 0 Å². The van der Waals surface area contributed by atoms with E-state index >= 15 is 0 Å². The highest BCUT2D eigenvalue weighted by Crippen LogP contribution is 2.23. The van der Waals surface area contributed by atoms with Crippen molar-refractivity contribution in [2.45, 2.75) is 46.0 Å². The second kappa shape index (κ2) is 6.75. The molecule has 1 saturated heterocycles.